The molecule has 1 saturated carbocycles. The minimum absolute atomic E-state index is 0.310. The monoisotopic (exact) mass is 435 g/mol. The second kappa shape index (κ2) is 12.4. The fourth-order valence-electron chi connectivity index (χ4n) is 4.21. The van der Waals surface area contributed by atoms with Crippen molar-refractivity contribution in [3.05, 3.63) is 35.4 Å². The minimum atomic E-state index is -0.710. The maximum Gasteiger partial charge on any atom is 0.191 e. The first-order chi connectivity index (χ1) is 14.7. The Morgan fingerprint density at radius 3 is 2.80 bits per heavy atom. The van der Waals surface area contributed by atoms with E-state index in [1.165, 1.54) is 11.1 Å². The number of hydrogen-bond donors (Lipinski definition) is 2. The number of nitrogens with zero attached hydrogens (tertiary/aromatic N) is 1. The lowest BCUT2D eigenvalue weighted by atomic mass is 9.95. The van der Waals surface area contributed by atoms with Crippen molar-refractivity contribution in [1.82, 2.24) is 10.6 Å². The van der Waals surface area contributed by atoms with E-state index in [9.17, 15) is 4.21 Å². The van der Waals surface area contributed by atoms with Gasteiger partial charge in [-0.05, 0) is 43.2 Å². The third kappa shape index (κ3) is 7.36. The van der Waals surface area contributed by atoms with E-state index in [-0.39, 0.29) is 0 Å². The van der Waals surface area contributed by atoms with Crippen LogP contribution in [0.25, 0.3) is 0 Å². The molecule has 168 valence electrons. The van der Waals surface area contributed by atoms with Gasteiger partial charge in [-0.3, -0.25) is 9.20 Å². The van der Waals surface area contributed by atoms with Crippen LogP contribution in [-0.4, -0.2) is 53.6 Å². The first-order valence-corrected chi connectivity index (χ1v) is 12.7. The van der Waals surface area contributed by atoms with E-state index in [1.807, 2.05) is 6.92 Å². The van der Waals surface area contributed by atoms with Crippen LogP contribution in [-0.2, 0) is 33.4 Å². The van der Waals surface area contributed by atoms with E-state index in [4.69, 9.17) is 9.47 Å². The zero-order chi connectivity index (χ0) is 21.2. The summed E-state index contributed by atoms with van der Waals surface area (Å²) in [4.78, 5) is 4.39. The van der Waals surface area contributed by atoms with Gasteiger partial charge in [-0.1, -0.05) is 37.6 Å². The molecule has 0 amide bonds. The van der Waals surface area contributed by atoms with Gasteiger partial charge in [0.15, 0.2) is 5.96 Å². The van der Waals surface area contributed by atoms with Gasteiger partial charge in [-0.25, -0.2) is 0 Å². The molecule has 1 aromatic carbocycles. The standard InChI is InChI=1S/C23H37N3O3S/c1-3-30(27)22-9-5-8-20(15-22)26-23(24-2)25-16-18-6-4-7-19(14-18)17-29-21-10-12-28-13-11-21/h4,6-7,14,20-22H,3,5,8-13,15-17H2,1-2H3,(H2,24,25,26). The Bertz CT molecular complexity index is 707. The molecule has 1 heterocycles. The highest BCUT2D eigenvalue weighted by Gasteiger charge is 2.26. The molecular formula is C23H37N3O3S. The average molecular weight is 436 g/mol. The molecule has 30 heavy (non-hydrogen) atoms. The molecule has 1 aromatic rings. The number of hydrogen-bond acceptors (Lipinski definition) is 4. The van der Waals surface area contributed by atoms with Gasteiger partial charge >= 0.3 is 0 Å². The summed E-state index contributed by atoms with van der Waals surface area (Å²) in [6.07, 6.45) is 6.55. The van der Waals surface area contributed by atoms with Gasteiger partial charge in [0.05, 0.1) is 12.7 Å². The smallest absolute Gasteiger partial charge is 0.191 e. The number of aliphatic imine (C=N–C) groups is 1. The summed E-state index contributed by atoms with van der Waals surface area (Å²) in [5.74, 6) is 1.56. The molecule has 3 atom stereocenters. The summed E-state index contributed by atoms with van der Waals surface area (Å²) < 4.78 is 23.6. The Balaban J connectivity index is 1.45. The topological polar surface area (TPSA) is 72.0 Å². The van der Waals surface area contributed by atoms with E-state index >= 15 is 0 Å². The third-order valence-electron chi connectivity index (χ3n) is 5.95. The summed E-state index contributed by atoms with van der Waals surface area (Å²) >= 11 is 0. The summed E-state index contributed by atoms with van der Waals surface area (Å²) in [5, 5.41) is 7.28. The molecule has 6 nitrogen and oxygen atoms in total. The summed E-state index contributed by atoms with van der Waals surface area (Å²) in [5.41, 5.74) is 2.40. The fraction of sp³-hybridized carbons (Fsp3) is 0.696. The van der Waals surface area contributed by atoms with Gasteiger partial charge < -0.3 is 20.1 Å². The number of benzene rings is 1. The molecule has 0 aromatic heterocycles. The highest BCUT2D eigenvalue weighted by atomic mass is 32.2. The molecule has 1 saturated heterocycles. The molecule has 7 heteroatoms. The number of guanidine groups is 1. The Morgan fingerprint density at radius 2 is 2.03 bits per heavy atom. The number of rotatable bonds is 8. The maximum atomic E-state index is 12.2. The molecule has 3 unspecified atom stereocenters. The molecule has 2 aliphatic rings. The lowest BCUT2D eigenvalue weighted by Gasteiger charge is -2.30. The van der Waals surface area contributed by atoms with Crippen molar-refractivity contribution in [2.75, 3.05) is 26.0 Å². The molecule has 3 rings (SSSR count). The Kier molecular flexibility index (Phi) is 9.62. The van der Waals surface area contributed by atoms with Crippen LogP contribution in [0.15, 0.2) is 29.3 Å². The van der Waals surface area contributed by atoms with E-state index in [0.717, 1.165) is 63.5 Å². The average Bonchev–Trinajstić information content (AvgIpc) is 2.81. The Morgan fingerprint density at radius 1 is 1.23 bits per heavy atom. The largest absolute Gasteiger partial charge is 0.381 e. The van der Waals surface area contributed by atoms with Crippen molar-refractivity contribution >= 4 is 16.8 Å². The van der Waals surface area contributed by atoms with E-state index < -0.39 is 10.8 Å². The van der Waals surface area contributed by atoms with Crippen LogP contribution in [0, 0.1) is 0 Å². The highest BCUT2D eigenvalue weighted by molar-refractivity contribution is 7.85. The van der Waals surface area contributed by atoms with Crippen LogP contribution in [0.2, 0.25) is 0 Å². The fourth-order valence-corrected chi connectivity index (χ4v) is 5.56. The first kappa shape index (κ1) is 23.2. The van der Waals surface area contributed by atoms with Crippen molar-refractivity contribution in [3.8, 4) is 0 Å². The van der Waals surface area contributed by atoms with Gasteiger partial charge in [-0.2, -0.15) is 0 Å². The minimum Gasteiger partial charge on any atom is -0.381 e. The van der Waals surface area contributed by atoms with Crippen molar-refractivity contribution in [2.45, 2.75) is 76.0 Å². The van der Waals surface area contributed by atoms with Crippen molar-refractivity contribution < 1.29 is 13.7 Å². The van der Waals surface area contributed by atoms with Gasteiger partial charge in [0.25, 0.3) is 0 Å². The molecule has 2 N–H and O–H groups in total. The van der Waals surface area contributed by atoms with Crippen LogP contribution in [0.3, 0.4) is 0 Å². The Hall–Kier alpha value is -1.44. The lowest BCUT2D eigenvalue weighted by molar-refractivity contribution is -0.0390. The van der Waals surface area contributed by atoms with Crippen LogP contribution in [0.4, 0.5) is 0 Å². The molecule has 1 aliphatic heterocycles. The van der Waals surface area contributed by atoms with E-state index in [1.54, 1.807) is 7.05 Å². The van der Waals surface area contributed by atoms with Gasteiger partial charge in [0.2, 0.25) is 0 Å². The molecular weight excluding hydrogens is 398 g/mol. The van der Waals surface area contributed by atoms with Crippen LogP contribution in [0.1, 0.15) is 56.6 Å². The van der Waals surface area contributed by atoms with E-state index in [0.29, 0.717) is 30.5 Å². The molecule has 0 bridgehead atoms. The van der Waals surface area contributed by atoms with Crippen molar-refractivity contribution in [1.29, 1.82) is 0 Å². The van der Waals surface area contributed by atoms with Crippen molar-refractivity contribution in [3.63, 3.8) is 0 Å². The SMILES string of the molecule is CCS(=O)C1CCCC(NC(=NC)NCc2cccc(COC3CCOCC3)c2)C1. The molecule has 2 fully saturated rings. The third-order valence-corrected chi connectivity index (χ3v) is 7.69. The van der Waals surface area contributed by atoms with Gasteiger partial charge in [0, 0.05) is 54.7 Å². The molecule has 1 aliphatic carbocycles. The van der Waals surface area contributed by atoms with E-state index in [2.05, 4.69) is 39.9 Å². The lowest BCUT2D eigenvalue weighted by Crippen LogP contribution is -2.46. The maximum absolute atomic E-state index is 12.2. The van der Waals surface area contributed by atoms with Gasteiger partial charge in [0.1, 0.15) is 0 Å². The first-order valence-electron chi connectivity index (χ1n) is 11.3. The quantitative estimate of drug-likeness (QED) is 0.485. The zero-order valence-corrected chi connectivity index (χ0v) is 19.2. The normalized spacial score (nSPS) is 24.4. The highest BCUT2D eigenvalue weighted by Crippen LogP contribution is 2.23. The second-order valence-electron chi connectivity index (χ2n) is 8.17. The predicted octanol–water partition coefficient (Wildman–Crippen LogP) is 3.13. The van der Waals surface area contributed by atoms with Crippen LogP contribution < -0.4 is 10.6 Å². The number of nitrogens with one attached hydrogen (secondary N) is 2. The summed E-state index contributed by atoms with van der Waals surface area (Å²) in [7, 11) is 1.09. The predicted molar refractivity (Wildman–Crippen MR) is 123 cm³/mol. The second-order valence-corrected chi connectivity index (χ2v) is 10.2. The zero-order valence-electron chi connectivity index (χ0n) is 18.4. The Labute approximate surface area is 183 Å². The molecule has 0 radical (unpaired) electrons. The molecule has 0 spiro atoms. The van der Waals surface area contributed by atoms with Crippen molar-refractivity contribution in [2.24, 2.45) is 4.99 Å². The summed E-state index contributed by atoms with van der Waals surface area (Å²) in [6.45, 7) is 4.97. The van der Waals surface area contributed by atoms with Crippen LogP contribution in [0.5, 0.6) is 0 Å². The van der Waals surface area contributed by atoms with Crippen LogP contribution >= 0.6 is 0 Å². The summed E-state index contributed by atoms with van der Waals surface area (Å²) in [6, 6.07) is 8.86. The number of ether oxygens (including phenoxy) is 2. The van der Waals surface area contributed by atoms with Gasteiger partial charge in [-0.15, -0.1) is 0 Å².